The van der Waals surface area contributed by atoms with Gasteiger partial charge in [0.15, 0.2) is 0 Å². The maximum atomic E-state index is 4.30. The van der Waals surface area contributed by atoms with E-state index in [-0.39, 0.29) is 0 Å². The first kappa shape index (κ1) is 15.0. The average molecular weight is 280 g/mol. The summed E-state index contributed by atoms with van der Waals surface area (Å²) in [6.07, 6.45) is 5.62. The van der Waals surface area contributed by atoms with Crippen LogP contribution in [0.3, 0.4) is 0 Å². The molecule has 1 heterocycles. The van der Waals surface area contributed by atoms with Gasteiger partial charge in [-0.2, -0.15) is 0 Å². The molecule has 2 nitrogen and oxygen atoms in total. The number of thiazole rings is 1. The molecule has 0 aromatic carbocycles. The van der Waals surface area contributed by atoms with Crippen LogP contribution in [-0.4, -0.2) is 11.5 Å². The summed E-state index contributed by atoms with van der Waals surface area (Å²) < 4.78 is 0. The first-order chi connectivity index (χ1) is 8.97. The fourth-order valence-electron chi connectivity index (χ4n) is 3.12. The van der Waals surface area contributed by atoms with Crippen molar-refractivity contribution in [3.8, 4) is 0 Å². The number of aryl methyl sites for hydroxylation is 1. The van der Waals surface area contributed by atoms with E-state index in [0.29, 0.717) is 5.41 Å². The van der Waals surface area contributed by atoms with Crippen molar-refractivity contribution >= 4 is 11.3 Å². The molecule has 0 atom stereocenters. The van der Waals surface area contributed by atoms with E-state index in [2.05, 4.69) is 38.0 Å². The lowest BCUT2D eigenvalue weighted by molar-refractivity contribution is 0.149. The van der Waals surface area contributed by atoms with Crippen molar-refractivity contribution in [2.45, 2.75) is 59.9 Å². The Morgan fingerprint density at radius 3 is 2.47 bits per heavy atom. The van der Waals surface area contributed by atoms with Gasteiger partial charge in [0.25, 0.3) is 0 Å². The van der Waals surface area contributed by atoms with Gasteiger partial charge < -0.3 is 5.32 Å². The molecular weight excluding hydrogens is 252 g/mol. The van der Waals surface area contributed by atoms with E-state index < -0.39 is 0 Å². The zero-order chi connectivity index (χ0) is 13.9. The predicted molar refractivity (Wildman–Crippen MR) is 83.5 cm³/mol. The Morgan fingerprint density at radius 2 is 1.95 bits per heavy atom. The van der Waals surface area contributed by atoms with Crippen molar-refractivity contribution in [1.29, 1.82) is 0 Å². The molecule has 0 saturated heterocycles. The van der Waals surface area contributed by atoms with Crippen molar-refractivity contribution in [2.24, 2.45) is 17.3 Å². The Hall–Kier alpha value is -0.410. The second kappa shape index (κ2) is 6.36. The van der Waals surface area contributed by atoms with Crippen LogP contribution in [0.1, 0.15) is 57.0 Å². The molecule has 1 aliphatic carbocycles. The van der Waals surface area contributed by atoms with Crippen LogP contribution in [0, 0.1) is 24.2 Å². The lowest BCUT2D eigenvalue weighted by atomic mass is 9.70. The van der Waals surface area contributed by atoms with Crippen molar-refractivity contribution in [3.63, 3.8) is 0 Å². The minimum atomic E-state index is 0.498. The van der Waals surface area contributed by atoms with Gasteiger partial charge in [0.05, 0.1) is 11.2 Å². The first-order valence-corrected chi connectivity index (χ1v) is 8.44. The van der Waals surface area contributed by atoms with Crippen LogP contribution >= 0.6 is 11.3 Å². The van der Waals surface area contributed by atoms with E-state index in [9.17, 15) is 0 Å². The summed E-state index contributed by atoms with van der Waals surface area (Å²) in [4.78, 5) is 5.69. The molecule has 0 aliphatic heterocycles. The van der Waals surface area contributed by atoms with Crippen LogP contribution in [-0.2, 0) is 6.54 Å². The zero-order valence-corrected chi connectivity index (χ0v) is 13.6. The third-order valence-electron chi connectivity index (χ3n) is 4.63. The Balaban J connectivity index is 1.68. The summed E-state index contributed by atoms with van der Waals surface area (Å²) >= 11 is 1.77. The first-order valence-electron chi connectivity index (χ1n) is 7.56. The van der Waals surface area contributed by atoms with Gasteiger partial charge >= 0.3 is 0 Å². The number of nitrogens with zero attached hydrogens (tertiary/aromatic N) is 1. The van der Waals surface area contributed by atoms with Crippen molar-refractivity contribution in [2.75, 3.05) is 6.54 Å². The SMILES string of the molecule is Cc1ncsc1CNCC1CCC(C(C)(C)C)CC1. The molecule has 0 bridgehead atoms. The second-order valence-corrected chi connectivity index (χ2v) is 8.01. The third-order valence-corrected chi connectivity index (χ3v) is 5.57. The average Bonchev–Trinajstić information content (AvgIpc) is 2.75. The number of hydrogen-bond donors (Lipinski definition) is 1. The molecule has 2 rings (SSSR count). The smallest absolute Gasteiger partial charge is 0.0798 e. The monoisotopic (exact) mass is 280 g/mol. The van der Waals surface area contributed by atoms with Crippen LogP contribution in [0.4, 0.5) is 0 Å². The van der Waals surface area contributed by atoms with Gasteiger partial charge in [-0.25, -0.2) is 4.98 Å². The summed E-state index contributed by atoms with van der Waals surface area (Å²) in [6.45, 7) is 11.4. The van der Waals surface area contributed by atoms with Gasteiger partial charge in [0.2, 0.25) is 0 Å². The lowest BCUT2D eigenvalue weighted by Gasteiger charge is -2.37. The summed E-state index contributed by atoms with van der Waals surface area (Å²) in [5, 5.41) is 3.62. The highest BCUT2D eigenvalue weighted by atomic mass is 32.1. The highest BCUT2D eigenvalue weighted by Gasteiger charge is 2.29. The quantitative estimate of drug-likeness (QED) is 0.884. The fraction of sp³-hybridized carbons (Fsp3) is 0.812. The Kier molecular flexibility index (Phi) is 5.02. The molecule has 3 heteroatoms. The molecule has 1 N–H and O–H groups in total. The number of hydrogen-bond acceptors (Lipinski definition) is 3. The number of aromatic nitrogens is 1. The molecule has 1 fully saturated rings. The second-order valence-electron chi connectivity index (χ2n) is 7.08. The third kappa shape index (κ3) is 4.28. The zero-order valence-electron chi connectivity index (χ0n) is 12.8. The van der Waals surface area contributed by atoms with E-state index >= 15 is 0 Å². The molecule has 0 amide bonds. The van der Waals surface area contributed by atoms with Crippen LogP contribution in [0.25, 0.3) is 0 Å². The van der Waals surface area contributed by atoms with Crippen LogP contribution in [0.15, 0.2) is 5.51 Å². The topological polar surface area (TPSA) is 24.9 Å². The van der Waals surface area contributed by atoms with Gasteiger partial charge in [-0.3, -0.25) is 0 Å². The Bertz CT molecular complexity index is 384. The van der Waals surface area contributed by atoms with Crippen LogP contribution < -0.4 is 5.32 Å². The molecule has 1 aromatic heterocycles. The lowest BCUT2D eigenvalue weighted by Crippen LogP contribution is -2.30. The molecule has 0 spiro atoms. The highest BCUT2D eigenvalue weighted by molar-refractivity contribution is 7.09. The molecule has 1 saturated carbocycles. The number of rotatable bonds is 4. The highest BCUT2D eigenvalue weighted by Crippen LogP contribution is 2.39. The summed E-state index contributed by atoms with van der Waals surface area (Å²) in [5.74, 6) is 1.80. The summed E-state index contributed by atoms with van der Waals surface area (Å²) in [6, 6.07) is 0. The van der Waals surface area contributed by atoms with Crippen molar-refractivity contribution in [1.82, 2.24) is 10.3 Å². The molecule has 0 radical (unpaired) electrons. The van der Waals surface area contributed by atoms with Crippen molar-refractivity contribution in [3.05, 3.63) is 16.1 Å². The van der Waals surface area contributed by atoms with E-state index in [1.807, 2.05) is 5.51 Å². The largest absolute Gasteiger partial charge is 0.312 e. The molecule has 19 heavy (non-hydrogen) atoms. The fourth-order valence-corrected chi connectivity index (χ4v) is 3.87. The van der Waals surface area contributed by atoms with Gasteiger partial charge in [-0.1, -0.05) is 20.8 Å². The van der Waals surface area contributed by atoms with Gasteiger partial charge in [-0.15, -0.1) is 11.3 Å². The summed E-state index contributed by atoms with van der Waals surface area (Å²) in [7, 11) is 0. The Labute approximate surface area is 122 Å². The van der Waals surface area contributed by atoms with E-state index in [1.165, 1.54) is 42.8 Å². The van der Waals surface area contributed by atoms with Gasteiger partial charge in [0.1, 0.15) is 0 Å². The normalized spacial score (nSPS) is 24.6. The minimum absolute atomic E-state index is 0.498. The van der Waals surface area contributed by atoms with Crippen molar-refractivity contribution < 1.29 is 0 Å². The standard InChI is InChI=1S/C16H28N2S/c1-12-15(19-11-18-12)10-17-9-13-5-7-14(8-6-13)16(2,3)4/h11,13-14,17H,5-10H2,1-4H3. The van der Waals surface area contributed by atoms with E-state index in [4.69, 9.17) is 0 Å². The van der Waals surface area contributed by atoms with Gasteiger partial charge in [-0.05, 0) is 56.4 Å². The maximum absolute atomic E-state index is 4.30. The van der Waals surface area contributed by atoms with E-state index in [0.717, 1.165) is 18.4 Å². The number of nitrogens with one attached hydrogen (secondary N) is 1. The summed E-state index contributed by atoms with van der Waals surface area (Å²) in [5.41, 5.74) is 3.63. The maximum Gasteiger partial charge on any atom is 0.0798 e. The van der Waals surface area contributed by atoms with Crippen LogP contribution in [0.5, 0.6) is 0 Å². The molecule has 1 aliphatic rings. The molecular formula is C16H28N2S. The van der Waals surface area contributed by atoms with E-state index in [1.54, 1.807) is 11.3 Å². The molecule has 108 valence electrons. The molecule has 1 aromatic rings. The Morgan fingerprint density at radius 1 is 1.26 bits per heavy atom. The predicted octanol–water partition coefficient (Wildman–Crippen LogP) is 4.39. The molecule has 0 unspecified atom stereocenters. The van der Waals surface area contributed by atoms with Gasteiger partial charge in [0, 0.05) is 11.4 Å². The van der Waals surface area contributed by atoms with Crippen LogP contribution in [0.2, 0.25) is 0 Å². The minimum Gasteiger partial charge on any atom is -0.312 e.